The van der Waals surface area contributed by atoms with Crippen LogP contribution < -0.4 is 0 Å². The number of rotatable bonds is 7. The molecule has 6 nitrogen and oxygen atoms in total. The molecule has 0 aliphatic carbocycles. The second kappa shape index (κ2) is 8.92. The molecule has 0 aromatic heterocycles. The van der Waals surface area contributed by atoms with E-state index < -0.39 is 5.97 Å². The fraction of sp³-hybridized carbons (Fsp3) is 0.857. The molecule has 1 atom stereocenters. The molecule has 1 aliphatic heterocycles. The topological polar surface area (TPSA) is 70.1 Å². The molecular formula is C14H26N2O4. The highest BCUT2D eigenvalue weighted by molar-refractivity contribution is 5.77. The minimum atomic E-state index is -0.841. The van der Waals surface area contributed by atoms with Gasteiger partial charge in [0.05, 0.1) is 6.61 Å². The quantitative estimate of drug-likeness (QED) is 0.745. The summed E-state index contributed by atoms with van der Waals surface area (Å²) >= 11 is 0. The van der Waals surface area contributed by atoms with Crippen LogP contribution in [0.1, 0.15) is 26.2 Å². The Kier molecular flexibility index (Phi) is 7.54. The second-order valence-electron chi connectivity index (χ2n) is 5.48. The number of methoxy groups -OCH3 is 1. The summed E-state index contributed by atoms with van der Waals surface area (Å²) in [7, 11) is 1.69. The van der Waals surface area contributed by atoms with Gasteiger partial charge in [0, 0.05) is 46.1 Å². The molecule has 0 aromatic carbocycles. The molecule has 1 saturated heterocycles. The molecule has 0 bridgehead atoms. The number of hydrogen-bond acceptors (Lipinski definition) is 4. The first-order chi connectivity index (χ1) is 9.52. The normalized spacial score (nSPS) is 18.6. The molecule has 1 N–H and O–H groups in total. The van der Waals surface area contributed by atoms with Crippen LogP contribution in [0.4, 0.5) is 0 Å². The Morgan fingerprint density at radius 1 is 1.20 bits per heavy atom. The number of carbonyl (C=O) groups excluding carboxylic acids is 1. The third-order valence-electron chi connectivity index (χ3n) is 3.60. The lowest BCUT2D eigenvalue weighted by Crippen LogP contribution is -2.36. The van der Waals surface area contributed by atoms with E-state index in [1.807, 2.05) is 11.8 Å². The van der Waals surface area contributed by atoms with E-state index in [1.165, 1.54) is 0 Å². The fourth-order valence-electron chi connectivity index (χ4n) is 2.46. The Morgan fingerprint density at radius 2 is 1.95 bits per heavy atom. The molecule has 1 unspecified atom stereocenters. The van der Waals surface area contributed by atoms with Crippen molar-refractivity contribution in [1.29, 1.82) is 0 Å². The Labute approximate surface area is 120 Å². The van der Waals surface area contributed by atoms with Crippen molar-refractivity contribution in [2.24, 2.45) is 5.92 Å². The highest BCUT2D eigenvalue weighted by Gasteiger charge is 2.21. The van der Waals surface area contributed by atoms with Gasteiger partial charge in [-0.15, -0.1) is 0 Å². The summed E-state index contributed by atoms with van der Waals surface area (Å²) in [6.45, 7) is 6.76. The largest absolute Gasteiger partial charge is 0.481 e. The zero-order valence-corrected chi connectivity index (χ0v) is 12.5. The summed E-state index contributed by atoms with van der Waals surface area (Å²) < 4.78 is 5.07. The smallest absolute Gasteiger partial charge is 0.303 e. The Hall–Kier alpha value is -1.14. The van der Waals surface area contributed by atoms with Crippen molar-refractivity contribution in [3.05, 3.63) is 0 Å². The Bertz CT molecular complexity index is 322. The van der Waals surface area contributed by atoms with Gasteiger partial charge >= 0.3 is 5.97 Å². The van der Waals surface area contributed by atoms with E-state index in [-0.39, 0.29) is 18.2 Å². The lowest BCUT2D eigenvalue weighted by atomic mass is 10.0. The predicted octanol–water partition coefficient (Wildman–Crippen LogP) is 0.668. The number of carboxylic acid groups (broad SMARTS) is 1. The van der Waals surface area contributed by atoms with Gasteiger partial charge in [0.1, 0.15) is 0 Å². The van der Waals surface area contributed by atoms with Crippen molar-refractivity contribution in [1.82, 2.24) is 9.80 Å². The van der Waals surface area contributed by atoms with E-state index >= 15 is 0 Å². The monoisotopic (exact) mass is 286 g/mol. The minimum Gasteiger partial charge on any atom is -0.481 e. The van der Waals surface area contributed by atoms with E-state index in [0.29, 0.717) is 13.0 Å². The van der Waals surface area contributed by atoms with Crippen LogP contribution in [0.3, 0.4) is 0 Å². The number of amides is 1. The van der Waals surface area contributed by atoms with Crippen molar-refractivity contribution in [3.63, 3.8) is 0 Å². The maximum atomic E-state index is 12.2. The third-order valence-corrected chi connectivity index (χ3v) is 3.60. The fourth-order valence-corrected chi connectivity index (χ4v) is 2.46. The van der Waals surface area contributed by atoms with Gasteiger partial charge in [0.2, 0.25) is 5.91 Å². The van der Waals surface area contributed by atoms with Crippen LogP contribution in [0.5, 0.6) is 0 Å². The SMILES string of the molecule is COCCN1CCCN(C(=O)CC(C)CC(=O)O)CC1. The van der Waals surface area contributed by atoms with E-state index in [9.17, 15) is 9.59 Å². The molecule has 0 spiro atoms. The molecule has 0 saturated carbocycles. The van der Waals surface area contributed by atoms with E-state index in [0.717, 1.165) is 39.1 Å². The average Bonchev–Trinajstić information content (AvgIpc) is 2.60. The molecule has 116 valence electrons. The van der Waals surface area contributed by atoms with Crippen molar-refractivity contribution in [3.8, 4) is 0 Å². The second-order valence-corrected chi connectivity index (χ2v) is 5.48. The number of carbonyl (C=O) groups is 2. The van der Waals surface area contributed by atoms with Gasteiger partial charge in [-0.25, -0.2) is 0 Å². The maximum absolute atomic E-state index is 12.2. The first-order valence-electron chi connectivity index (χ1n) is 7.23. The van der Waals surface area contributed by atoms with Crippen LogP contribution in [0, 0.1) is 5.92 Å². The molecule has 6 heteroatoms. The Morgan fingerprint density at radius 3 is 2.60 bits per heavy atom. The highest BCUT2D eigenvalue weighted by atomic mass is 16.5. The standard InChI is InChI=1S/C14H26N2O4/c1-12(11-14(18)19)10-13(17)16-5-3-4-15(6-7-16)8-9-20-2/h12H,3-11H2,1-2H3,(H,18,19). The van der Waals surface area contributed by atoms with E-state index in [4.69, 9.17) is 9.84 Å². The zero-order chi connectivity index (χ0) is 15.0. The lowest BCUT2D eigenvalue weighted by Gasteiger charge is -2.23. The van der Waals surface area contributed by atoms with Gasteiger partial charge in [-0.3, -0.25) is 14.5 Å². The van der Waals surface area contributed by atoms with Gasteiger partial charge in [0.25, 0.3) is 0 Å². The molecule has 1 aliphatic rings. The summed E-state index contributed by atoms with van der Waals surface area (Å²) in [5.41, 5.74) is 0. The van der Waals surface area contributed by atoms with Crippen molar-refractivity contribution in [2.75, 3.05) is 46.4 Å². The number of ether oxygens (including phenoxy) is 1. The average molecular weight is 286 g/mol. The first kappa shape index (κ1) is 16.9. The van der Waals surface area contributed by atoms with Crippen molar-refractivity contribution >= 4 is 11.9 Å². The molecule has 1 rings (SSSR count). The van der Waals surface area contributed by atoms with Gasteiger partial charge in [-0.1, -0.05) is 6.92 Å². The highest BCUT2D eigenvalue weighted by Crippen LogP contribution is 2.12. The molecular weight excluding hydrogens is 260 g/mol. The van der Waals surface area contributed by atoms with E-state index in [2.05, 4.69) is 4.90 Å². The molecule has 1 amide bonds. The van der Waals surface area contributed by atoms with Gasteiger partial charge in [-0.2, -0.15) is 0 Å². The van der Waals surface area contributed by atoms with Gasteiger partial charge in [-0.05, 0) is 18.9 Å². The van der Waals surface area contributed by atoms with E-state index in [1.54, 1.807) is 7.11 Å². The van der Waals surface area contributed by atoms with Crippen LogP contribution >= 0.6 is 0 Å². The van der Waals surface area contributed by atoms with Crippen molar-refractivity contribution in [2.45, 2.75) is 26.2 Å². The Balaban J connectivity index is 2.36. The first-order valence-corrected chi connectivity index (χ1v) is 7.23. The predicted molar refractivity (Wildman–Crippen MR) is 75.5 cm³/mol. The summed E-state index contributed by atoms with van der Waals surface area (Å²) in [4.78, 5) is 26.9. The minimum absolute atomic E-state index is 0.0551. The maximum Gasteiger partial charge on any atom is 0.303 e. The molecule has 1 heterocycles. The lowest BCUT2D eigenvalue weighted by molar-refractivity contribution is -0.138. The summed E-state index contributed by atoms with van der Waals surface area (Å²) in [5.74, 6) is -0.868. The van der Waals surface area contributed by atoms with Gasteiger partial charge in [0.15, 0.2) is 0 Å². The number of nitrogens with zero attached hydrogens (tertiary/aromatic N) is 2. The van der Waals surface area contributed by atoms with Crippen LogP contribution in [0.15, 0.2) is 0 Å². The van der Waals surface area contributed by atoms with Crippen LogP contribution in [0.25, 0.3) is 0 Å². The molecule has 20 heavy (non-hydrogen) atoms. The molecule has 0 radical (unpaired) electrons. The van der Waals surface area contributed by atoms with Crippen molar-refractivity contribution < 1.29 is 19.4 Å². The third kappa shape index (κ3) is 6.34. The summed E-state index contributed by atoms with van der Waals surface area (Å²) in [5, 5.41) is 8.73. The number of carboxylic acids is 1. The van der Waals surface area contributed by atoms with Crippen LogP contribution in [-0.4, -0.2) is 73.2 Å². The summed E-state index contributed by atoms with van der Waals surface area (Å²) in [6.07, 6.45) is 1.34. The number of aliphatic carboxylic acids is 1. The molecule has 1 fully saturated rings. The number of hydrogen-bond donors (Lipinski definition) is 1. The molecule has 0 aromatic rings. The van der Waals surface area contributed by atoms with Gasteiger partial charge < -0.3 is 14.7 Å². The zero-order valence-electron chi connectivity index (χ0n) is 12.5. The summed E-state index contributed by atoms with van der Waals surface area (Å²) in [6, 6.07) is 0. The van der Waals surface area contributed by atoms with Crippen LogP contribution in [-0.2, 0) is 14.3 Å². The van der Waals surface area contributed by atoms with Crippen LogP contribution in [0.2, 0.25) is 0 Å².